The molecule has 0 bridgehead atoms. The summed E-state index contributed by atoms with van der Waals surface area (Å²) >= 11 is 1.55. The molecular formula is C12H22N4O2S. The van der Waals surface area contributed by atoms with Crippen molar-refractivity contribution in [2.45, 2.75) is 26.4 Å². The molecule has 108 valence electrons. The van der Waals surface area contributed by atoms with Crippen molar-refractivity contribution in [3.05, 3.63) is 4.88 Å². The van der Waals surface area contributed by atoms with Crippen LogP contribution in [0.5, 0.6) is 5.88 Å². The molecule has 0 aliphatic carbocycles. The smallest absolute Gasteiger partial charge is 0.234 e. The second-order valence-electron chi connectivity index (χ2n) is 4.65. The molecule has 0 aliphatic heterocycles. The second kappa shape index (κ2) is 7.30. The molecule has 7 heteroatoms. The van der Waals surface area contributed by atoms with E-state index in [1.54, 1.807) is 18.4 Å². The Labute approximate surface area is 118 Å². The van der Waals surface area contributed by atoms with E-state index in [9.17, 15) is 4.79 Å². The fourth-order valence-corrected chi connectivity index (χ4v) is 2.37. The Morgan fingerprint density at radius 1 is 1.47 bits per heavy atom. The molecule has 1 aromatic rings. The summed E-state index contributed by atoms with van der Waals surface area (Å²) in [6.45, 7) is 4.73. The highest BCUT2D eigenvalue weighted by Crippen LogP contribution is 2.29. The average molecular weight is 286 g/mol. The van der Waals surface area contributed by atoms with E-state index in [0.717, 1.165) is 10.0 Å². The number of nitrogens with one attached hydrogen (secondary N) is 2. The zero-order valence-corrected chi connectivity index (χ0v) is 12.9. The van der Waals surface area contributed by atoms with Crippen molar-refractivity contribution in [2.75, 3.05) is 32.6 Å². The van der Waals surface area contributed by atoms with Crippen LogP contribution in [0.4, 0.5) is 5.13 Å². The minimum atomic E-state index is -0.00804. The first-order valence-corrected chi connectivity index (χ1v) is 6.96. The standard InChI is InChI=1S/C12H22N4O2S/c1-8(2)14-10(17)7-13-6-9-11(18-5)15-12(19-9)16(3)4/h8,13H,6-7H2,1-5H3,(H,14,17). The maximum absolute atomic E-state index is 11.5. The van der Waals surface area contributed by atoms with Gasteiger partial charge < -0.3 is 20.3 Å². The fraction of sp³-hybridized carbons (Fsp3) is 0.667. The number of carbonyl (C=O) groups excluding carboxylic acids is 1. The lowest BCUT2D eigenvalue weighted by molar-refractivity contribution is -0.120. The number of nitrogens with zero attached hydrogens (tertiary/aromatic N) is 2. The van der Waals surface area contributed by atoms with Crippen molar-refractivity contribution in [3.8, 4) is 5.88 Å². The second-order valence-corrected chi connectivity index (χ2v) is 5.71. The lowest BCUT2D eigenvalue weighted by Gasteiger charge is -2.08. The van der Waals surface area contributed by atoms with Crippen LogP contribution >= 0.6 is 11.3 Å². The molecule has 1 rings (SSSR count). The van der Waals surface area contributed by atoms with Gasteiger partial charge in [-0.15, -0.1) is 0 Å². The SMILES string of the molecule is COc1nc(N(C)C)sc1CNCC(=O)NC(C)C. The van der Waals surface area contributed by atoms with Crippen LogP contribution < -0.4 is 20.3 Å². The van der Waals surface area contributed by atoms with Crippen LogP contribution in [0.25, 0.3) is 0 Å². The molecule has 0 unspecified atom stereocenters. The molecule has 0 radical (unpaired) electrons. The Hall–Kier alpha value is -1.34. The molecule has 2 N–H and O–H groups in total. The van der Waals surface area contributed by atoms with E-state index in [0.29, 0.717) is 12.4 Å². The van der Waals surface area contributed by atoms with Gasteiger partial charge in [0, 0.05) is 26.7 Å². The summed E-state index contributed by atoms with van der Waals surface area (Å²) in [5.74, 6) is 0.608. The minimum Gasteiger partial charge on any atom is -0.480 e. The van der Waals surface area contributed by atoms with E-state index in [-0.39, 0.29) is 18.5 Å². The highest BCUT2D eigenvalue weighted by molar-refractivity contribution is 7.15. The van der Waals surface area contributed by atoms with E-state index >= 15 is 0 Å². The molecule has 1 amide bonds. The van der Waals surface area contributed by atoms with Crippen LogP contribution in [0.15, 0.2) is 0 Å². The quantitative estimate of drug-likeness (QED) is 0.777. The zero-order valence-electron chi connectivity index (χ0n) is 12.1. The molecule has 0 spiro atoms. The first-order valence-electron chi connectivity index (χ1n) is 6.15. The number of rotatable bonds is 7. The van der Waals surface area contributed by atoms with E-state index in [1.165, 1.54) is 0 Å². The number of methoxy groups -OCH3 is 1. The Morgan fingerprint density at radius 3 is 2.68 bits per heavy atom. The van der Waals surface area contributed by atoms with Gasteiger partial charge in [0.2, 0.25) is 11.8 Å². The molecule has 1 heterocycles. The number of ether oxygens (including phenoxy) is 1. The predicted octanol–water partition coefficient (Wildman–Crippen LogP) is 0.832. The number of thiazole rings is 1. The van der Waals surface area contributed by atoms with Crippen LogP contribution in [-0.2, 0) is 11.3 Å². The third-order valence-corrected chi connectivity index (χ3v) is 3.45. The minimum absolute atomic E-state index is 0.00804. The number of hydrogen-bond acceptors (Lipinski definition) is 6. The van der Waals surface area contributed by atoms with Gasteiger partial charge in [-0.3, -0.25) is 4.79 Å². The summed E-state index contributed by atoms with van der Waals surface area (Å²) in [7, 11) is 5.47. The summed E-state index contributed by atoms with van der Waals surface area (Å²) in [5, 5.41) is 6.81. The van der Waals surface area contributed by atoms with Crippen molar-refractivity contribution in [1.29, 1.82) is 0 Å². The van der Waals surface area contributed by atoms with Crippen molar-refractivity contribution in [1.82, 2.24) is 15.6 Å². The molecule has 0 aliphatic rings. The third kappa shape index (κ3) is 5.04. The van der Waals surface area contributed by atoms with Gasteiger partial charge in [0.15, 0.2) is 5.13 Å². The third-order valence-electron chi connectivity index (χ3n) is 2.25. The normalized spacial score (nSPS) is 10.6. The van der Waals surface area contributed by atoms with Crippen LogP contribution in [0.3, 0.4) is 0 Å². The molecule has 6 nitrogen and oxygen atoms in total. The summed E-state index contributed by atoms with van der Waals surface area (Å²) in [6.07, 6.45) is 0. The Kier molecular flexibility index (Phi) is 6.04. The number of anilines is 1. The highest BCUT2D eigenvalue weighted by Gasteiger charge is 2.13. The molecule has 0 saturated heterocycles. The summed E-state index contributed by atoms with van der Waals surface area (Å²) in [4.78, 5) is 18.8. The average Bonchev–Trinajstić information content (AvgIpc) is 2.71. The van der Waals surface area contributed by atoms with Gasteiger partial charge in [-0.25, -0.2) is 0 Å². The molecule has 0 fully saturated rings. The van der Waals surface area contributed by atoms with E-state index in [4.69, 9.17) is 4.74 Å². The molecule has 0 saturated carbocycles. The van der Waals surface area contributed by atoms with E-state index in [1.807, 2.05) is 32.8 Å². The lowest BCUT2D eigenvalue weighted by Crippen LogP contribution is -2.37. The fourth-order valence-electron chi connectivity index (χ4n) is 1.45. The topological polar surface area (TPSA) is 66.5 Å². The van der Waals surface area contributed by atoms with Crippen molar-refractivity contribution >= 4 is 22.4 Å². The monoisotopic (exact) mass is 286 g/mol. The van der Waals surface area contributed by atoms with Crippen molar-refractivity contribution in [2.24, 2.45) is 0 Å². The lowest BCUT2D eigenvalue weighted by atomic mass is 10.4. The number of hydrogen-bond donors (Lipinski definition) is 2. The maximum Gasteiger partial charge on any atom is 0.234 e. The van der Waals surface area contributed by atoms with Gasteiger partial charge in [0.05, 0.1) is 18.5 Å². The van der Waals surface area contributed by atoms with Crippen LogP contribution in [0.1, 0.15) is 18.7 Å². The Bertz CT molecular complexity index is 418. The largest absolute Gasteiger partial charge is 0.480 e. The van der Waals surface area contributed by atoms with Gasteiger partial charge in [0.25, 0.3) is 0 Å². The summed E-state index contributed by atoms with van der Waals surface area (Å²) in [6, 6.07) is 0.160. The van der Waals surface area contributed by atoms with Gasteiger partial charge in [-0.2, -0.15) is 4.98 Å². The highest BCUT2D eigenvalue weighted by atomic mass is 32.1. The van der Waals surface area contributed by atoms with Gasteiger partial charge in [-0.05, 0) is 13.8 Å². The molecule has 19 heavy (non-hydrogen) atoms. The maximum atomic E-state index is 11.5. The van der Waals surface area contributed by atoms with Crippen LogP contribution in [0, 0.1) is 0 Å². The number of amides is 1. The van der Waals surface area contributed by atoms with Gasteiger partial charge in [0.1, 0.15) is 0 Å². The summed E-state index contributed by atoms with van der Waals surface area (Å²) in [5.41, 5.74) is 0. The Balaban J connectivity index is 2.50. The number of aromatic nitrogens is 1. The molecule has 0 atom stereocenters. The molecular weight excluding hydrogens is 264 g/mol. The van der Waals surface area contributed by atoms with Crippen molar-refractivity contribution < 1.29 is 9.53 Å². The number of carbonyl (C=O) groups is 1. The van der Waals surface area contributed by atoms with Crippen molar-refractivity contribution in [3.63, 3.8) is 0 Å². The molecule has 0 aromatic carbocycles. The van der Waals surface area contributed by atoms with Gasteiger partial charge in [-0.1, -0.05) is 11.3 Å². The van der Waals surface area contributed by atoms with Crippen LogP contribution in [0.2, 0.25) is 0 Å². The predicted molar refractivity (Wildman–Crippen MR) is 78.0 cm³/mol. The first-order chi connectivity index (χ1) is 8.93. The van der Waals surface area contributed by atoms with Crippen LogP contribution in [-0.4, -0.2) is 44.7 Å². The van der Waals surface area contributed by atoms with E-state index in [2.05, 4.69) is 15.6 Å². The van der Waals surface area contributed by atoms with Gasteiger partial charge >= 0.3 is 0 Å². The Morgan fingerprint density at radius 2 is 2.16 bits per heavy atom. The van der Waals surface area contributed by atoms with E-state index < -0.39 is 0 Å². The summed E-state index contributed by atoms with van der Waals surface area (Å²) < 4.78 is 5.23. The zero-order chi connectivity index (χ0) is 14.4. The first kappa shape index (κ1) is 15.7. The molecule has 1 aromatic heterocycles.